The van der Waals surface area contributed by atoms with Crippen LogP contribution in [0, 0.1) is 12.2 Å². The maximum atomic E-state index is 3.37. The van der Waals surface area contributed by atoms with Gasteiger partial charge in [0.2, 0.25) is 0 Å². The maximum absolute atomic E-state index is 3.37. The first kappa shape index (κ1) is 16.8. The van der Waals surface area contributed by atoms with Gasteiger partial charge in [0, 0.05) is 0 Å². The molecule has 0 heterocycles. The van der Waals surface area contributed by atoms with E-state index in [1.54, 1.807) is 0 Å². The van der Waals surface area contributed by atoms with Crippen molar-refractivity contribution >= 4 is 0 Å². The fourth-order valence-electron chi connectivity index (χ4n) is 1.79. The molecule has 0 saturated carbocycles. The van der Waals surface area contributed by atoms with Crippen molar-refractivity contribution in [1.29, 1.82) is 0 Å². The Balaban J connectivity index is 0.000000292. The molecule has 0 unspecified atom stereocenters. The molecule has 0 aromatic heterocycles. The van der Waals surface area contributed by atoms with Crippen LogP contribution in [0.1, 0.15) is 53.4 Å². The third-order valence-electron chi connectivity index (χ3n) is 2.86. The second-order valence-corrected chi connectivity index (χ2v) is 4.37. The summed E-state index contributed by atoms with van der Waals surface area (Å²) in [6, 6.07) is 0. The molecule has 0 saturated heterocycles. The molecule has 0 aliphatic heterocycles. The summed E-state index contributed by atoms with van der Waals surface area (Å²) in [5, 5.41) is 0. The second kappa shape index (κ2) is 8.86. The standard InChI is InChI=1S/C9H13.C7H9.Zr/c1-3-8-5-6-9(4-2)7-8;1-6-3-4-7(2)5-6;/h5H,3-4,6H2,1-2H3;3H,4H2,1-2H3;/q2*-1;+2. The Morgan fingerprint density at radius 3 is 1.94 bits per heavy atom. The number of allylic oxidation sites excluding steroid dienone is 8. The minimum atomic E-state index is 0. The zero-order valence-corrected chi connectivity index (χ0v) is 13.9. The predicted molar refractivity (Wildman–Crippen MR) is 70.8 cm³/mol. The van der Waals surface area contributed by atoms with Crippen molar-refractivity contribution in [3.63, 3.8) is 0 Å². The van der Waals surface area contributed by atoms with E-state index in [9.17, 15) is 0 Å². The monoisotopic (exact) mass is 304 g/mol. The van der Waals surface area contributed by atoms with E-state index >= 15 is 0 Å². The van der Waals surface area contributed by atoms with Crippen LogP contribution in [0.25, 0.3) is 0 Å². The van der Waals surface area contributed by atoms with Gasteiger partial charge in [-0.25, -0.2) is 29.4 Å². The van der Waals surface area contributed by atoms with Crippen molar-refractivity contribution in [2.75, 3.05) is 0 Å². The molecular formula is C16H22Zr. The average molecular weight is 306 g/mol. The van der Waals surface area contributed by atoms with Crippen LogP contribution in [-0.4, -0.2) is 0 Å². The molecule has 0 radical (unpaired) electrons. The Labute approximate surface area is 126 Å². The third-order valence-corrected chi connectivity index (χ3v) is 2.86. The third kappa shape index (κ3) is 6.36. The summed E-state index contributed by atoms with van der Waals surface area (Å²) in [7, 11) is 0. The van der Waals surface area contributed by atoms with Crippen LogP contribution in [0.2, 0.25) is 0 Å². The fraction of sp³-hybridized carbons (Fsp3) is 0.500. The normalized spacial score (nSPS) is 17.2. The van der Waals surface area contributed by atoms with Crippen molar-refractivity contribution in [2.45, 2.75) is 53.4 Å². The van der Waals surface area contributed by atoms with E-state index in [4.69, 9.17) is 0 Å². The van der Waals surface area contributed by atoms with Gasteiger partial charge >= 0.3 is 26.2 Å². The molecule has 0 amide bonds. The summed E-state index contributed by atoms with van der Waals surface area (Å²) in [6.07, 6.45) is 15.6. The van der Waals surface area contributed by atoms with Crippen molar-refractivity contribution in [3.05, 3.63) is 46.6 Å². The first-order valence-corrected chi connectivity index (χ1v) is 6.22. The minimum absolute atomic E-state index is 0. The SMILES string of the molecule is CC1=[C-]C(C)=CC1.CCC1=[C-]C(CC)=CC1.[Zr+2]. The van der Waals surface area contributed by atoms with Gasteiger partial charge in [-0.1, -0.05) is 53.4 Å². The Bertz CT molecular complexity index is 354. The number of rotatable bonds is 2. The van der Waals surface area contributed by atoms with Crippen LogP contribution < -0.4 is 0 Å². The van der Waals surface area contributed by atoms with Gasteiger partial charge in [0.1, 0.15) is 0 Å². The summed E-state index contributed by atoms with van der Waals surface area (Å²) in [6.45, 7) is 8.55. The molecule has 0 N–H and O–H groups in total. The van der Waals surface area contributed by atoms with E-state index in [0.717, 1.165) is 19.3 Å². The van der Waals surface area contributed by atoms with Gasteiger partial charge in [-0.3, -0.25) is 6.08 Å². The summed E-state index contributed by atoms with van der Waals surface area (Å²) in [5.41, 5.74) is 5.51. The molecule has 0 nitrogen and oxygen atoms in total. The van der Waals surface area contributed by atoms with E-state index in [0.29, 0.717) is 0 Å². The molecular weight excluding hydrogens is 283 g/mol. The Morgan fingerprint density at radius 2 is 1.71 bits per heavy atom. The van der Waals surface area contributed by atoms with Gasteiger partial charge in [0.25, 0.3) is 0 Å². The van der Waals surface area contributed by atoms with E-state index in [-0.39, 0.29) is 26.2 Å². The first-order chi connectivity index (χ1) is 7.65. The van der Waals surface area contributed by atoms with Gasteiger partial charge in [-0.05, 0) is 0 Å². The molecule has 2 aliphatic rings. The number of hydrogen-bond donors (Lipinski definition) is 0. The topological polar surface area (TPSA) is 0 Å². The van der Waals surface area contributed by atoms with Gasteiger partial charge in [-0.15, -0.1) is 0 Å². The van der Waals surface area contributed by atoms with Crippen LogP contribution in [0.15, 0.2) is 34.4 Å². The average Bonchev–Trinajstić information content (AvgIpc) is 2.88. The summed E-state index contributed by atoms with van der Waals surface area (Å²) >= 11 is 0. The van der Waals surface area contributed by atoms with Gasteiger partial charge in [-0.2, -0.15) is 11.1 Å². The molecule has 2 rings (SSSR count). The number of hydrogen-bond acceptors (Lipinski definition) is 0. The van der Waals surface area contributed by atoms with Gasteiger partial charge in [0.15, 0.2) is 0 Å². The van der Waals surface area contributed by atoms with Crippen LogP contribution in [0.4, 0.5) is 0 Å². The Hall–Kier alpha value is -0.157. The van der Waals surface area contributed by atoms with Gasteiger partial charge in [0.05, 0.1) is 0 Å². The Morgan fingerprint density at radius 1 is 1.00 bits per heavy atom. The molecule has 0 bridgehead atoms. The van der Waals surface area contributed by atoms with E-state index in [1.807, 2.05) is 0 Å². The molecule has 1 heteroatoms. The molecule has 0 atom stereocenters. The molecule has 0 fully saturated rings. The van der Waals surface area contributed by atoms with Gasteiger partial charge < -0.3 is 0 Å². The molecule has 0 aromatic rings. The minimum Gasteiger partial charge on any atom is -0.250 e. The van der Waals surface area contributed by atoms with Crippen molar-refractivity contribution in [2.24, 2.45) is 0 Å². The van der Waals surface area contributed by atoms with Crippen LogP contribution in [0.5, 0.6) is 0 Å². The maximum Gasteiger partial charge on any atom is 2.00 e. The van der Waals surface area contributed by atoms with E-state index in [1.165, 1.54) is 28.7 Å². The predicted octanol–water partition coefficient (Wildman–Crippen LogP) is 4.95. The first-order valence-electron chi connectivity index (χ1n) is 6.22. The van der Waals surface area contributed by atoms with Crippen LogP contribution >= 0.6 is 0 Å². The summed E-state index contributed by atoms with van der Waals surface area (Å²) in [5.74, 6) is 0. The summed E-state index contributed by atoms with van der Waals surface area (Å²) < 4.78 is 0. The zero-order chi connectivity index (χ0) is 12.0. The second-order valence-electron chi connectivity index (χ2n) is 4.37. The zero-order valence-electron chi connectivity index (χ0n) is 11.5. The molecule has 2 aliphatic carbocycles. The molecule has 0 aromatic carbocycles. The summed E-state index contributed by atoms with van der Waals surface area (Å²) in [4.78, 5) is 0. The van der Waals surface area contributed by atoms with Crippen LogP contribution in [-0.2, 0) is 26.2 Å². The quantitative estimate of drug-likeness (QED) is 0.633. The smallest absolute Gasteiger partial charge is 0.250 e. The Kier molecular flexibility index (Phi) is 8.78. The van der Waals surface area contributed by atoms with Crippen molar-refractivity contribution in [3.8, 4) is 0 Å². The largest absolute Gasteiger partial charge is 2.00 e. The van der Waals surface area contributed by atoms with Crippen molar-refractivity contribution < 1.29 is 26.2 Å². The molecule has 17 heavy (non-hydrogen) atoms. The van der Waals surface area contributed by atoms with Crippen LogP contribution in [0.3, 0.4) is 0 Å². The molecule has 0 spiro atoms. The van der Waals surface area contributed by atoms with E-state index in [2.05, 4.69) is 52.0 Å². The fourth-order valence-corrected chi connectivity index (χ4v) is 1.79. The molecule has 90 valence electrons. The van der Waals surface area contributed by atoms with E-state index < -0.39 is 0 Å². The van der Waals surface area contributed by atoms with Crippen molar-refractivity contribution in [1.82, 2.24) is 0 Å².